The van der Waals surface area contributed by atoms with Crippen molar-refractivity contribution in [2.75, 3.05) is 20.8 Å². The summed E-state index contributed by atoms with van der Waals surface area (Å²) >= 11 is 0. The Morgan fingerprint density at radius 2 is 1.96 bits per heavy atom. The Balaban J connectivity index is 2.08. The fourth-order valence-electron chi connectivity index (χ4n) is 2.73. The molecule has 1 aliphatic carbocycles. The molecular formula is C18H27NO4. The molecule has 1 fully saturated rings. The third-order valence-corrected chi connectivity index (χ3v) is 4.15. The Bertz CT molecular complexity index is 546. The van der Waals surface area contributed by atoms with Crippen molar-refractivity contribution in [1.82, 2.24) is 5.32 Å². The minimum Gasteiger partial charge on any atom is -0.493 e. The molecule has 1 aromatic rings. The van der Waals surface area contributed by atoms with Gasteiger partial charge < -0.3 is 19.9 Å². The molecule has 0 heterocycles. The fraction of sp³-hybridized carbons (Fsp3) is 0.611. The summed E-state index contributed by atoms with van der Waals surface area (Å²) in [6.45, 7) is 3.62. The molecule has 0 radical (unpaired) electrons. The smallest absolute Gasteiger partial charge is 0.220 e. The van der Waals surface area contributed by atoms with Crippen molar-refractivity contribution in [2.24, 2.45) is 5.92 Å². The van der Waals surface area contributed by atoms with Gasteiger partial charge in [-0.3, -0.25) is 4.79 Å². The molecule has 1 saturated carbocycles. The Morgan fingerprint density at radius 3 is 2.48 bits per heavy atom. The van der Waals surface area contributed by atoms with Crippen molar-refractivity contribution >= 4 is 5.91 Å². The van der Waals surface area contributed by atoms with E-state index in [1.807, 2.05) is 18.2 Å². The van der Waals surface area contributed by atoms with Crippen LogP contribution in [0.2, 0.25) is 0 Å². The van der Waals surface area contributed by atoms with Crippen LogP contribution in [0.1, 0.15) is 44.6 Å². The summed E-state index contributed by atoms with van der Waals surface area (Å²) < 4.78 is 10.6. The monoisotopic (exact) mass is 321 g/mol. The Morgan fingerprint density at radius 1 is 1.30 bits per heavy atom. The fourth-order valence-corrected chi connectivity index (χ4v) is 2.73. The summed E-state index contributed by atoms with van der Waals surface area (Å²) in [5.74, 6) is 2.07. The normalized spacial score (nSPS) is 15.9. The Hall–Kier alpha value is -1.75. The number of nitrogens with one attached hydrogen (secondary N) is 1. The van der Waals surface area contributed by atoms with Gasteiger partial charge in [-0.05, 0) is 56.2 Å². The molecule has 2 N–H and O–H groups in total. The summed E-state index contributed by atoms with van der Waals surface area (Å²) in [5.41, 5.74) is 0.206. The number of aliphatic hydroxyl groups is 1. The molecular weight excluding hydrogens is 294 g/mol. The van der Waals surface area contributed by atoms with Crippen molar-refractivity contribution < 1.29 is 19.4 Å². The van der Waals surface area contributed by atoms with Crippen LogP contribution in [-0.4, -0.2) is 37.4 Å². The van der Waals surface area contributed by atoms with Gasteiger partial charge >= 0.3 is 0 Å². The van der Waals surface area contributed by atoms with E-state index >= 15 is 0 Å². The van der Waals surface area contributed by atoms with Gasteiger partial charge in [-0.2, -0.15) is 0 Å². The summed E-state index contributed by atoms with van der Waals surface area (Å²) in [4.78, 5) is 12.2. The number of ether oxygens (including phenoxy) is 2. The number of methoxy groups -OCH3 is 2. The highest BCUT2D eigenvalue weighted by molar-refractivity contribution is 5.77. The maximum absolute atomic E-state index is 12.2. The number of carbonyl (C=O) groups is 1. The molecule has 5 nitrogen and oxygen atoms in total. The van der Waals surface area contributed by atoms with Crippen LogP contribution in [0.3, 0.4) is 0 Å². The van der Waals surface area contributed by atoms with Crippen LogP contribution in [0, 0.1) is 5.92 Å². The summed E-state index contributed by atoms with van der Waals surface area (Å²) in [7, 11) is 3.23. The first kappa shape index (κ1) is 17.6. The largest absolute Gasteiger partial charge is 0.493 e. The number of amides is 1. The predicted molar refractivity (Wildman–Crippen MR) is 88.9 cm³/mol. The molecule has 0 aliphatic heterocycles. The van der Waals surface area contributed by atoms with E-state index in [1.54, 1.807) is 28.1 Å². The molecule has 1 aliphatic rings. The van der Waals surface area contributed by atoms with Gasteiger partial charge in [0.1, 0.15) is 0 Å². The van der Waals surface area contributed by atoms with Crippen molar-refractivity contribution in [3.05, 3.63) is 23.8 Å². The molecule has 0 aromatic heterocycles. The second-order valence-electron chi connectivity index (χ2n) is 6.85. The lowest BCUT2D eigenvalue weighted by molar-refractivity contribution is -0.122. The highest BCUT2D eigenvalue weighted by Gasteiger charge is 2.34. The van der Waals surface area contributed by atoms with Crippen molar-refractivity contribution in [1.29, 1.82) is 0 Å². The molecule has 0 saturated heterocycles. The Kier molecular flexibility index (Phi) is 5.52. The number of hydrogen-bond acceptors (Lipinski definition) is 4. The van der Waals surface area contributed by atoms with E-state index in [0.29, 0.717) is 23.8 Å². The SMILES string of the molecule is COc1ccc(C(CC(=O)NCC(C)(C)O)C2CC2)cc1OC. The van der Waals surface area contributed by atoms with Crippen LogP contribution in [0.5, 0.6) is 11.5 Å². The first-order valence-corrected chi connectivity index (χ1v) is 8.05. The van der Waals surface area contributed by atoms with Crippen molar-refractivity contribution in [3.8, 4) is 11.5 Å². The van der Waals surface area contributed by atoms with Crippen LogP contribution >= 0.6 is 0 Å². The zero-order chi connectivity index (χ0) is 17.0. The lowest BCUT2D eigenvalue weighted by Crippen LogP contribution is -2.38. The summed E-state index contributed by atoms with van der Waals surface area (Å²) in [6.07, 6.45) is 2.73. The molecule has 1 aromatic carbocycles. The van der Waals surface area contributed by atoms with Gasteiger partial charge in [0.15, 0.2) is 11.5 Å². The van der Waals surface area contributed by atoms with E-state index in [9.17, 15) is 9.90 Å². The van der Waals surface area contributed by atoms with Gasteiger partial charge in [0.2, 0.25) is 5.91 Å². The van der Waals surface area contributed by atoms with E-state index in [1.165, 1.54) is 0 Å². The van der Waals surface area contributed by atoms with E-state index in [-0.39, 0.29) is 18.4 Å². The lowest BCUT2D eigenvalue weighted by atomic mass is 9.90. The van der Waals surface area contributed by atoms with Crippen molar-refractivity contribution in [3.63, 3.8) is 0 Å². The Labute approximate surface area is 138 Å². The first-order valence-electron chi connectivity index (χ1n) is 8.05. The molecule has 0 bridgehead atoms. The zero-order valence-corrected chi connectivity index (χ0v) is 14.4. The van der Waals surface area contributed by atoms with Crippen molar-refractivity contribution in [2.45, 2.75) is 44.6 Å². The number of hydrogen-bond donors (Lipinski definition) is 2. The predicted octanol–water partition coefficient (Wildman–Crippen LogP) is 2.47. The summed E-state index contributed by atoms with van der Waals surface area (Å²) in [6, 6.07) is 5.86. The van der Waals surface area contributed by atoms with Gasteiger partial charge in [-0.1, -0.05) is 6.07 Å². The van der Waals surface area contributed by atoms with E-state index in [4.69, 9.17) is 9.47 Å². The zero-order valence-electron chi connectivity index (χ0n) is 14.4. The second kappa shape index (κ2) is 7.21. The molecule has 5 heteroatoms. The molecule has 23 heavy (non-hydrogen) atoms. The van der Waals surface area contributed by atoms with E-state index < -0.39 is 5.60 Å². The number of benzene rings is 1. The third-order valence-electron chi connectivity index (χ3n) is 4.15. The maximum Gasteiger partial charge on any atom is 0.220 e. The second-order valence-corrected chi connectivity index (χ2v) is 6.85. The third kappa shape index (κ3) is 5.13. The first-order chi connectivity index (χ1) is 10.8. The highest BCUT2D eigenvalue weighted by Crippen LogP contribution is 2.46. The quantitative estimate of drug-likeness (QED) is 0.772. The molecule has 1 unspecified atom stereocenters. The minimum absolute atomic E-state index is 0.0289. The molecule has 0 spiro atoms. The molecule has 128 valence electrons. The van der Waals surface area contributed by atoms with Crippen LogP contribution in [0.15, 0.2) is 18.2 Å². The van der Waals surface area contributed by atoms with Crippen LogP contribution in [0.25, 0.3) is 0 Å². The molecule has 2 rings (SSSR count). The van der Waals surface area contributed by atoms with Crippen LogP contribution < -0.4 is 14.8 Å². The summed E-state index contributed by atoms with van der Waals surface area (Å²) in [5, 5.41) is 12.5. The van der Waals surface area contributed by atoms with Crippen LogP contribution in [-0.2, 0) is 4.79 Å². The van der Waals surface area contributed by atoms with Gasteiger partial charge in [0.25, 0.3) is 0 Å². The van der Waals surface area contributed by atoms with Gasteiger partial charge in [0.05, 0.1) is 19.8 Å². The molecule has 1 atom stereocenters. The maximum atomic E-state index is 12.2. The van der Waals surface area contributed by atoms with E-state index in [0.717, 1.165) is 18.4 Å². The van der Waals surface area contributed by atoms with Gasteiger partial charge in [-0.15, -0.1) is 0 Å². The highest BCUT2D eigenvalue weighted by atomic mass is 16.5. The van der Waals surface area contributed by atoms with Gasteiger partial charge in [-0.25, -0.2) is 0 Å². The topological polar surface area (TPSA) is 67.8 Å². The average molecular weight is 321 g/mol. The van der Waals surface area contributed by atoms with E-state index in [2.05, 4.69) is 5.32 Å². The number of rotatable bonds is 8. The van der Waals surface area contributed by atoms with Crippen LogP contribution in [0.4, 0.5) is 0 Å². The minimum atomic E-state index is -0.895. The standard InChI is InChI=1S/C18H27NO4/c1-18(2,21)11-19-17(20)10-14(12-5-6-12)13-7-8-15(22-3)16(9-13)23-4/h7-9,12,14,21H,5-6,10-11H2,1-4H3,(H,19,20). The molecule has 1 amide bonds. The number of carbonyl (C=O) groups excluding carboxylic acids is 1. The lowest BCUT2D eigenvalue weighted by Gasteiger charge is -2.21. The van der Waals surface area contributed by atoms with Gasteiger partial charge in [0, 0.05) is 13.0 Å². The average Bonchev–Trinajstić information content (AvgIpc) is 3.34.